The van der Waals surface area contributed by atoms with E-state index in [-0.39, 0.29) is 0 Å². The predicted octanol–water partition coefficient (Wildman–Crippen LogP) is 13.0. The van der Waals surface area contributed by atoms with Crippen LogP contribution >= 0.6 is 0 Å². The molecule has 1 aromatic heterocycles. The fraction of sp³-hybridized carbons (Fsp3) is 0. The van der Waals surface area contributed by atoms with E-state index in [2.05, 4.69) is 152 Å². The first-order valence-electron chi connectivity index (χ1n) is 16.5. The van der Waals surface area contributed by atoms with Gasteiger partial charge in [-0.25, -0.2) is 0 Å². The highest BCUT2D eigenvalue weighted by atomic mass is 16.3. The molecule has 8 aromatic carbocycles. The monoisotopic (exact) mass is 625 g/mol. The molecular weight excluding hydrogens is 595 g/mol. The van der Waals surface area contributed by atoms with Crippen LogP contribution in [0.5, 0.6) is 0 Å². The molecule has 0 spiro atoms. The lowest BCUT2D eigenvalue weighted by Crippen LogP contribution is -1.95. The molecule has 49 heavy (non-hydrogen) atoms. The van der Waals surface area contributed by atoms with Crippen molar-refractivity contribution in [1.29, 1.82) is 5.41 Å². The smallest absolute Gasteiger partial charge is 0.136 e. The maximum Gasteiger partial charge on any atom is 0.136 e. The number of hydrogen-bond donors (Lipinski definition) is 1. The summed E-state index contributed by atoms with van der Waals surface area (Å²) >= 11 is 0. The number of rotatable bonds is 6. The van der Waals surface area contributed by atoms with Gasteiger partial charge < -0.3 is 9.83 Å². The topological polar surface area (TPSA) is 37.0 Å². The molecule has 0 aliphatic carbocycles. The van der Waals surface area contributed by atoms with Crippen LogP contribution in [-0.2, 0) is 0 Å². The van der Waals surface area contributed by atoms with Gasteiger partial charge in [0.1, 0.15) is 11.2 Å². The number of fused-ring (bicyclic) bond motifs is 6. The molecule has 0 atom stereocenters. The van der Waals surface area contributed by atoms with Crippen LogP contribution in [0.3, 0.4) is 0 Å². The van der Waals surface area contributed by atoms with Crippen molar-refractivity contribution in [3.63, 3.8) is 0 Å². The summed E-state index contributed by atoms with van der Waals surface area (Å²) in [6.07, 6.45) is 3.84. The maximum atomic E-state index is 8.94. The van der Waals surface area contributed by atoms with Gasteiger partial charge in [-0.05, 0) is 102 Å². The Labute approximate surface area is 284 Å². The van der Waals surface area contributed by atoms with Crippen molar-refractivity contribution in [2.45, 2.75) is 0 Å². The Morgan fingerprint density at radius 2 is 1.04 bits per heavy atom. The zero-order valence-corrected chi connectivity index (χ0v) is 26.8. The van der Waals surface area contributed by atoms with E-state index in [1.165, 1.54) is 32.7 Å². The van der Waals surface area contributed by atoms with Gasteiger partial charge in [-0.15, -0.1) is 0 Å². The maximum absolute atomic E-state index is 8.94. The minimum absolute atomic E-state index is 0.436. The molecule has 2 nitrogen and oxygen atoms in total. The highest BCUT2D eigenvalue weighted by Gasteiger charge is 2.16. The average Bonchev–Trinajstić information content (AvgIpc) is 3.51. The minimum Gasteiger partial charge on any atom is -0.456 e. The van der Waals surface area contributed by atoms with Crippen LogP contribution in [0.2, 0.25) is 0 Å². The summed E-state index contributed by atoms with van der Waals surface area (Å²) in [6, 6.07) is 55.0. The van der Waals surface area contributed by atoms with Gasteiger partial charge in [-0.2, -0.15) is 0 Å². The van der Waals surface area contributed by atoms with Gasteiger partial charge in [0.25, 0.3) is 0 Å². The van der Waals surface area contributed by atoms with E-state index in [1.807, 2.05) is 24.3 Å². The molecule has 0 radical (unpaired) electrons. The predicted molar refractivity (Wildman–Crippen MR) is 209 cm³/mol. The second kappa shape index (κ2) is 11.6. The molecule has 0 aliphatic heterocycles. The minimum atomic E-state index is 0.436. The number of hydrogen-bond acceptors (Lipinski definition) is 2. The van der Waals surface area contributed by atoms with E-state index in [0.717, 1.165) is 60.5 Å². The van der Waals surface area contributed by atoms with Crippen LogP contribution in [0, 0.1) is 5.41 Å². The Hall–Kier alpha value is -6.51. The molecule has 0 aliphatic rings. The van der Waals surface area contributed by atoms with Crippen LogP contribution in [-0.4, -0.2) is 5.71 Å². The molecular formula is C47H31NO. The van der Waals surface area contributed by atoms with Gasteiger partial charge in [0.05, 0.1) is 5.71 Å². The molecule has 9 rings (SSSR count). The van der Waals surface area contributed by atoms with E-state index >= 15 is 0 Å². The molecule has 0 amide bonds. The normalized spacial score (nSPS) is 11.8. The summed E-state index contributed by atoms with van der Waals surface area (Å²) in [5.41, 5.74) is 9.68. The molecule has 0 bridgehead atoms. The lowest BCUT2D eigenvalue weighted by molar-refractivity contribution is 0.669. The van der Waals surface area contributed by atoms with Crippen molar-refractivity contribution >= 4 is 65.5 Å². The largest absolute Gasteiger partial charge is 0.456 e. The van der Waals surface area contributed by atoms with Gasteiger partial charge >= 0.3 is 0 Å². The third-order valence-electron chi connectivity index (χ3n) is 9.63. The first kappa shape index (κ1) is 28.7. The van der Waals surface area contributed by atoms with Crippen LogP contribution in [0.15, 0.2) is 181 Å². The zero-order chi connectivity index (χ0) is 32.9. The molecule has 0 saturated carbocycles. The quantitative estimate of drug-likeness (QED) is 0.111. The molecule has 1 N–H and O–H groups in total. The third kappa shape index (κ3) is 4.94. The Balaban J connectivity index is 1.03. The lowest BCUT2D eigenvalue weighted by Gasteiger charge is -2.17. The zero-order valence-electron chi connectivity index (χ0n) is 26.8. The SMILES string of the molecule is C=C(/C=C\C(=N)c1ccc(-c2ccc3oc4cc5ccccc5cc4c3c2)cc1)c1c2ccccc2c(-c2ccccc2)c2ccccc12. The summed E-state index contributed by atoms with van der Waals surface area (Å²) in [4.78, 5) is 0. The van der Waals surface area contributed by atoms with Crippen molar-refractivity contribution in [3.8, 4) is 22.3 Å². The summed E-state index contributed by atoms with van der Waals surface area (Å²) in [5, 5.41) is 18.2. The number of furan rings is 1. The third-order valence-corrected chi connectivity index (χ3v) is 9.63. The first-order valence-corrected chi connectivity index (χ1v) is 16.5. The van der Waals surface area contributed by atoms with Crippen molar-refractivity contribution in [2.75, 3.05) is 0 Å². The van der Waals surface area contributed by atoms with Gasteiger partial charge in [0.2, 0.25) is 0 Å². The number of benzene rings is 8. The van der Waals surface area contributed by atoms with Crippen LogP contribution in [0.1, 0.15) is 11.1 Å². The fourth-order valence-electron chi connectivity index (χ4n) is 7.24. The summed E-state index contributed by atoms with van der Waals surface area (Å²) in [6.45, 7) is 4.51. The highest BCUT2D eigenvalue weighted by Crippen LogP contribution is 2.42. The van der Waals surface area contributed by atoms with Gasteiger partial charge in [0, 0.05) is 10.8 Å². The Morgan fingerprint density at radius 1 is 0.469 bits per heavy atom. The van der Waals surface area contributed by atoms with Crippen LogP contribution in [0.25, 0.3) is 82.1 Å². The second-order valence-electron chi connectivity index (χ2n) is 12.6. The van der Waals surface area contributed by atoms with E-state index in [1.54, 1.807) is 0 Å². The Morgan fingerprint density at radius 3 is 1.73 bits per heavy atom. The van der Waals surface area contributed by atoms with Gasteiger partial charge in [-0.3, -0.25) is 0 Å². The molecule has 230 valence electrons. The van der Waals surface area contributed by atoms with Gasteiger partial charge in [-0.1, -0.05) is 146 Å². The van der Waals surface area contributed by atoms with Crippen molar-refractivity contribution in [3.05, 3.63) is 188 Å². The van der Waals surface area contributed by atoms with E-state index in [0.29, 0.717) is 5.71 Å². The summed E-state index contributed by atoms with van der Waals surface area (Å²) in [7, 11) is 0. The molecule has 2 heteroatoms. The Kier molecular flexibility index (Phi) is 6.81. The van der Waals surface area contributed by atoms with Crippen molar-refractivity contribution < 1.29 is 4.42 Å². The molecule has 0 unspecified atom stereocenters. The van der Waals surface area contributed by atoms with E-state index in [4.69, 9.17) is 9.83 Å². The number of allylic oxidation sites excluding steroid dienone is 3. The second-order valence-corrected chi connectivity index (χ2v) is 12.6. The molecule has 0 fully saturated rings. The summed E-state index contributed by atoms with van der Waals surface area (Å²) < 4.78 is 6.21. The Bertz CT molecular complexity index is 2720. The molecule has 9 aromatic rings. The van der Waals surface area contributed by atoms with Crippen molar-refractivity contribution in [2.24, 2.45) is 0 Å². The standard InChI is InChI=1S/C47H31NO/c1-30(46-37-15-7-9-17-39(37)47(33-11-3-2-4-12-33)40-18-10-8-16-38(40)46)19-25-43(48)32-22-20-31(21-23-32)36-24-26-44-41(28-36)42-27-34-13-5-6-14-35(34)29-45(42)49-44/h2-29,48H,1H2/b25-19-,48-43?. The average molecular weight is 626 g/mol. The van der Waals surface area contributed by atoms with Crippen molar-refractivity contribution in [1.82, 2.24) is 0 Å². The van der Waals surface area contributed by atoms with E-state index < -0.39 is 0 Å². The molecule has 0 saturated heterocycles. The van der Waals surface area contributed by atoms with Crippen LogP contribution in [0.4, 0.5) is 0 Å². The lowest BCUT2D eigenvalue weighted by atomic mass is 9.86. The van der Waals surface area contributed by atoms with Crippen LogP contribution < -0.4 is 0 Å². The van der Waals surface area contributed by atoms with E-state index in [9.17, 15) is 0 Å². The fourth-order valence-corrected chi connectivity index (χ4v) is 7.24. The van der Waals surface area contributed by atoms with Gasteiger partial charge in [0.15, 0.2) is 0 Å². The highest BCUT2D eigenvalue weighted by molar-refractivity contribution is 6.20. The molecule has 1 heterocycles. The first-order chi connectivity index (χ1) is 24.1. The number of nitrogens with one attached hydrogen (secondary N) is 1. The summed E-state index contributed by atoms with van der Waals surface area (Å²) in [5.74, 6) is 0.